The molecule has 1 aliphatic heterocycles. The Morgan fingerprint density at radius 3 is 2.61 bits per heavy atom. The minimum Gasteiger partial charge on any atom is -0.375 e. The zero-order valence-corrected chi connectivity index (χ0v) is 10.6. The van der Waals surface area contributed by atoms with E-state index < -0.39 is 0 Å². The normalized spacial score (nSPS) is 15.5. The molecule has 1 aromatic heterocycles. The van der Waals surface area contributed by atoms with Gasteiger partial charge in [0.1, 0.15) is 6.61 Å². The Morgan fingerprint density at radius 1 is 1.33 bits per heavy atom. The average Bonchev–Trinajstić information content (AvgIpc) is 2.41. The third-order valence-corrected chi connectivity index (χ3v) is 2.84. The number of methoxy groups -OCH3 is 1. The zero-order valence-electron chi connectivity index (χ0n) is 10.6. The van der Waals surface area contributed by atoms with Crippen molar-refractivity contribution in [2.24, 2.45) is 0 Å². The lowest BCUT2D eigenvalue weighted by atomic mass is 10.1. The Balaban J connectivity index is 1.94. The van der Waals surface area contributed by atoms with Crippen molar-refractivity contribution >= 4 is 17.5 Å². The van der Waals surface area contributed by atoms with Crippen LogP contribution in [0.1, 0.15) is 19.3 Å². The van der Waals surface area contributed by atoms with Gasteiger partial charge in [-0.1, -0.05) is 0 Å². The molecule has 18 heavy (non-hydrogen) atoms. The molecule has 6 nitrogen and oxygen atoms in total. The lowest BCUT2D eigenvalue weighted by molar-refractivity contribution is -0.119. The fourth-order valence-electron chi connectivity index (χ4n) is 1.97. The quantitative estimate of drug-likeness (QED) is 0.865. The second kappa shape index (κ2) is 6.30. The van der Waals surface area contributed by atoms with Crippen LogP contribution in [0.4, 0.5) is 11.6 Å². The first-order valence-electron chi connectivity index (χ1n) is 6.15. The van der Waals surface area contributed by atoms with Gasteiger partial charge in [0.25, 0.3) is 0 Å². The van der Waals surface area contributed by atoms with Gasteiger partial charge in [-0.25, -0.2) is 9.97 Å². The molecule has 0 aromatic carbocycles. The summed E-state index contributed by atoms with van der Waals surface area (Å²) in [6.07, 6.45) is 6.92. The molecule has 0 atom stereocenters. The first-order chi connectivity index (χ1) is 8.79. The smallest absolute Gasteiger partial charge is 0.250 e. The van der Waals surface area contributed by atoms with Crippen LogP contribution >= 0.6 is 0 Å². The number of amides is 1. The summed E-state index contributed by atoms with van der Waals surface area (Å²) in [4.78, 5) is 22.0. The van der Waals surface area contributed by atoms with Crippen molar-refractivity contribution in [2.75, 3.05) is 37.0 Å². The molecule has 98 valence electrons. The van der Waals surface area contributed by atoms with E-state index in [-0.39, 0.29) is 12.5 Å². The molecule has 0 spiro atoms. The van der Waals surface area contributed by atoms with Crippen LogP contribution in [0, 0.1) is 0 Å². The minimum atomic E-state index is -0.202. The Morgan fingerprint density at radius 2 is 2.00 bits per heavy atom. The SMILES string of the molecule is COCC(=O)Nc1cnc(N2CCCCC2)nc1. The molecule has 6 heteroatoms. The molecule has 1 aliphatic rings. The van der Waals surface area contributed by atoms with Crippen LogP contribution < -0.4 is 10.2 Å². The summed E-state index contributed by atoms with van der Waals surface area (Å²) in [7, 11) is 1.48. The summed E-state index contributed by atoms with van der Waals surface area (Å²) in [5, 5.41) is 2.67. The number of nitrogens with zero attached hydrogens (tertiary/aromatic N) is 3. The number of piperidine rings is 1. The summed E-state index contributed by atoms with van der Waals surface area (Å²) in [5.41, 5.74) is 0.595. The monoisotopic (exact) mass is 250 g/mol. The molecule has 0 saturated carbocycles. The average molecular weight is 250 g/mol. The Hall–Kier alpha value is -1.69. The van der Waals surface area contributed by atoms with Crippen molar-refractivity contribution in [2.45, 2.75) is 19.3 Å². The van der Waals surface area contributed by atoms with Gasteiger partial charge in [0.15, 0.2) is 0 Å². The first-order valence-corrected chi connectivity index (χ1v) is 6.15. The fraction of sp³-hybridized carbons (Fsp3) is 0.583. The van der Waals surface area contributed by atoms with E-state index >= 15 is 0 Å². The molecule has 0 bridgehead atoms. The predicted octanol–water partition coefficient (Wildman–Crippen LogP) is 1.05. The third-order valence-electron chi connectivity index (χ3n) is 2.84. The molecule has 0 unspecified atom stereocenters. The highest BCUT2D eigenvalue weighted by Gasteiger charge is 2.13. The van der Waals surface area contributed by atoms with Crippen LogP contribution in [0.25, 0.3) is 0 Å². The largest absolute Gasteiger partial charge is 0.375 e. The van der Waals surface area contributed by atoms with Gasteiger partial charge >= 0.3 is 0 Å². The first kappa shape index (κ1) is 12.8. The highest BCUT2D eigenvalue weighted by molar-refractivity contribution is 5.91. The summed E-state index contributed by atoms with van der Waals surface area (Å²) in [5.74, 6) is 0.534. The summed E-state index contributed by atoms with van der Waals surface area (Å²) in [6, 6.07) is 0. The van der Waals surface area contributed by atoms with E-state index in [2.05, 4.69) is 20.2 Å². The number of anilines is 2. The van der Waals surface area contributed by atoms with Gasteiger partial charge in [-0.15, -0.1) is 0 Å². The van der Waals surface area contributed by atoms with E-state index in [1.165, 1.54) is 26.4 Å². The van der Waals surface area contributed by atoms with Gasteiger partial charge in [0.2, 0.25) is 11.9 Å². The highest BCUT2D eigenvalue weighted by Crippen LogP contribution is 2.16. The van der Waals surface area contributed by atoms with Gasteiger partial charge in [0.05, 0.1) is 18.1 Å². The van der Waals surface area contributed by atoms with Gasteiger partial charge < -0.3 is 15.0 Å². The van der Waals surface area contributed by atoms with Crippen LogP contribution in [0.3, 0.4) is 0 Å². The van der Waals surface area contributed by atoms with E-state index in [0.717, 1.165) is 19.0 Å². The zero-order chi connectivity index (χ0) is 12.8. The standard InChI is InChI=1S/C12H18N4O2/c1-18-9-11(17)15-10-7-13-12(14-8-10)16-5-3-2-4-6-16/h7-8H,2-6,9H2,1H3,(H,15,17). The molecule has 2 rings (SSSR count). The number of hydrogen-bond acceptors (Lipinski definition) is 5. The van der Waals surface area contributed by atoms with E-state index in [9.17, 15) is 4.79 Å². The molecule has 1 aromatic rings. The van der Waals surface area contributed by atoms with Crippen LogP contribution in [0.15, 0.2) is 12.4 Å². The number of nitrogens with one attached hydrogen (secondary N) is 1. The van der Waals surface area contributed by atoms with Gasteiger partial charge in [-0.2, -0.15) is 0 Å². The Bertz CT molecular complexity index is 388. The van der Waals surface area contributed by atoms with Gasteiger partial charge in [0, 0.05) is 20.2 Å². The summed E-state index contributed by atoms with van der Waals surface area (Å²) < 4.78 is 4.73. The third kappa shape index (κ3) is 3.40. The maximum atomic E-state index is 11.3. The van der Waals surface area contributed by atoms with E-state index in [0.29, 0.717) is 5.69 Å². The second-order valence-corrected chi connectivity index (χ2v) is 4.30. The number of aromatic nitrogens is 2. The van der Waals surface area contributed by atoms with Crippen molar-refractivity contribution in [3.05, 3.63) is 12.4 Å². The fourth-order valence-corrected chi connectivity index (χ4v) is 1.97. The van der Waals surface area contributed by atoms with Crippen LogP contribution in [-0.4, -0.2) is 42.7 Å². The molecule has 0 radical (unpaired) electrons. The minimum absolute atomic E-state index is 0.0356. The topological polar surface area (TPSA) is 67.3 Å². The van der Waals surface area contributed by atoms with E-state index in [1.807, 2.05) is 0 Å². The molecule has 1 amide bonds. The summed E-state index contributed by atoms with van der Waals surface area (Å²) >= 11 is 0. The maximum absolute atomic E-state index is 11.3. The predicted molar refractivity (Wildman–Crippen MR) is 68.6 cm³/mol. The molecule has 1 N–H and O–H groups in total. The Labute approximate surface area is 106 Å². The summed E-state index contributed by atoms with van der Waals surface area (Å²) in [6.45, 7) is 2.05. The van der Waals surface area contributed by atoms with E-state index in [1.54, 1.807) is 12.4 Å². The van der Waals surface area contributed by atoms with Crippen molar-refractivity contribution in [1.82, 2.24) is 9.97 Å². The van der Waals surface area contributed by atoms with Crippen LogP contribution in [0.2, 0.25) is 0 Å². The number of hydrogen-bond donors (Lipinski definition) is 1. The highest BCUT2D eigenvalue weighted by atomic mass is 16.5. The van der Waals surface area contributed by atoms with Crippen LogP contribution in [0.5, 0.6) is 0 Å². The molecule has 1 saturated heterocycles. The second-order valence-electron chi connectivity index (χ2n) is 4.30. The lowest BCUT2D eigenvalue weighted by Crippen LogP contribution is -2.31. The maximum Gasteiger partial charge on any atom is 0.250 e. The lowest BCUT2D eigenvalue weighted by Gasteiger charge is -2.26. The van der Waals surface area contributed by atoms with Crippen LogP contribution in [-0.2, 0) is 9.53 Å². The van der Waals surface area contributed by atoms with Gasteiger partial charge in [-0.3, -0.25) is 4.79 Å². The number of ether oxygens (including phenoxy) is 1. The molecular weight excluding hydrogens is 232 g/mol. The van der Waals surface area contributed by atoms with Crippen molar-refractivity contribution in [3.63, 3.8) is 0 Å². The number of carbonyl (C=O) groups excluding carboxylic acids is 1. The number of rotatable bonds is 4. The van der Waals surface area contributed by atoms with E-state index in [4.69, 9.17) is 4.74 Å². The molecule has 2 heterocycles. The number of carbonyl (C=O) groups is 1. The van der Waals surface area contributed by atoms with Crippen molar-refractivity contribution < 1.29 is 9.53 Å². The van der Waals surface area contributed by atoms with Gasteiger partial charge in [-0.05, 0) is 19.3 Å². The van der Waals surface area contributed by atoms with Crippen molar-refractivity contribution in [3.8, 4) is 0 Å². The van der Waals surface area contributed by atoms with Crippen molar-refractivity contribution in [1.29, 1.82) is 0 Å². The molecule has 0 aliphatic carbocycles. The Kier molecular flexibility index (Phi) is 4.46. The molecular formula is C12H18N4O2. The molecule has 1 fully saturated rings.